The molecule has 1 aliphatic carbocycles. The topological polar surface area (TPSA) is 79.2 Å². The van der Waals surface area contributed by atoms with Gasteiger partial charge in [-0.1, -0.05) is 18.2 Å². The fourth-order valence-corrected chi connectivity index (χ4v) is 5.75. The van der Waals surface area contributed by atoms with Gasteiger partial charge < -0.3 is 10.1 Å². The van der Waals surface area contributed by atoms with Gasteiger partial charge in [-0.05, 0) is 93.3 Å². The van der Waals surface area contributed by atoms with Gasteiger partial charge in [-0.3, -0.25) is 4.79 Å². The summed E-state index contributed by atoms with van der Waals surface area (Å²) >= 11 is 0. The van der Waals surface area contributed by atoms with Gasteiger partial charge in [-0.15, -0.1) is 0 Å². The molecule has 0 spiro atoms. The molecule has 6 rings (SSSR count). The number of halogens is 1. The van der Waals surface area contributed by atoms with Crippen LogP contribution in [0.2, 0.25) is 0 Å². The first kappa shape index (κ1) is 22.7. The molecule has 0 radical (unpaired) electrons. The molecule has 2 aromatic carbocycles. The number of piperidine rings is 2. The molecule has 2 bridgehead atoms. The van der Waals surface area contributed by atoms with E-state index in [1.165, 1.54) is 6.07 Å². The lowest BCUT2D eigenvalue weighted by molar-refractivity contribution is -0.129. The summed E-state index contributed by atoms with van der Waals surface area (Å²) in [6.07, 6.45) is 4.15. The predicted octanol–water partition coefficient (Wildman–Crippen LogP) is 5.07. The lowest BCUT2D eigenvalue weighted by Crippen LogP contribution is -2.60. The van der Waals surface area contributed by atoms with Gasteiger partial charge in [0.2, 0.25) is 0 Å². The summed E-state index contributed by atoms with van der Waals surface area (Å²) < 4.78 is 20.5. The summed E-state index contributed by atoms with van der Waals surface area (Å²) in [6.45, 7) is 4.54. The summed E-state index contributed by atoms with van der Waals surface area (Å²) in [5.41, 5.74) is 2.02. The van der Waals surface area contributed by atoms with Crippen molar-refractivity contribution in [2.45, 2.75) is 63.5 Å². The van der Waals surface area contributed by atoms with Crippen molar-refractivity contribution < 1.29 is 18.7 Å². The lowest BCUT2D eigenvalue weighted by Gasteiger charge is -2.46. The summed E-state index contributed by atoms with van der Waals surface area (Å²) in [4.78, 5) is 25.1. The van der Waals surface area contributed by atoms with E-state index in [4.69, 9.17) is 4.74 Å². The standard InChI is InChI=1S/C28H29FN2O3/c1-27(2)23-13-19(5-6-22(23)26(33)34-27)20-3-4-21(24(29)14-20)11-18(15-30)12-25(32)28-9-7-17(8-10-28)16-31-28/h3-6,13-14,17-18,31H,7-12,16H2,1-2H3/t17?,18-,28?/m1/s1. The summed E-state index contributed by atoms with van der Waals surface area (Å²) in [5.74, 6) is -0.550. The minimum absolute atomic E-state index is 0.0896. The monoisotopic (exact) mass is 460 g/mol. The SMILES string of the molecule is CC1(C)OC(=O)c2ccc(-c3ccc(C[C@@H](C#N)CC(=O)C45CCC(CC4)CN5)c(F)c3)cc21. The van der Waals surface area contributed by atoms with E-state index >= 15 is 4.39 Å². The number of hydrogen-bond donors (Lipinski definition) is 1. The third-order valence-corrected chi connectivity index (χ3v) is 7.92. The van der Waals surface area contributed by atoms with Crippen LogP contribution in [0.25, 0.3) is 11.1 Å². The predicted molar refractivity (Wildman–Crippen MR) is 125 cm³/mol. The molecular weight excluding hydrogens is 431 g/mol. The van der Waals surface area contributed by atoms with Gasteiger partial charge in [0.15, 0.2) is 5.78 Å². The van der Waals surface area contributed by atoms with Gasteiger partial charge >= 0.3 is 5.97 Å². The minimum atomic E-state index is -0.723. The first-order valence-electron chi connectivity index (χ1n) is 12.1. The number of nitrogens with one attached hydrogen (secondary N) is 1. The molecule has 2 saturated heterocycles. The van der Waals surface area contributed by atoms with E-state index in [0.29, 0.717) is 22.6 Å². The second kappa shape index (κ2) is 8.32. The van der Waals surface area contributed by atoms with E-state index in [1.807, 2.05) is 26.0 Å². The quantitative estimate of drug-likeness (QED) is 0.609. The number of esters is 1. The molecule has 4 aliphatic rings. The smallest absolute Gasteiger partial charge is 0.339 e. The van der Waals surface area contributed by atoms with Crippen molar-refractivity contribution in [1.29, 1.82) is 5.26 Å². The van der Waals surface area contributed by atoms with Crippen molar-refractivity contribution in [3.05, 3.63) is 58.9 Å². The molecule has 3 aliphatic heterocycles. The van der Waals surface area contributed by atoms with Crippen molar-refractivity contribution in [2.24, 2.45) is 11.8 Å². The summed E-state index contributed by atoms with van der Waals surface area (Å²) in [6, 6.07) is 12.6. The number of nitrogens with zero attached hydrogens (tertiary/aromatic N) is 1. The number of cyclic esters (lactones) is 1. The Kier molecular flexibility index (Phi) is 5.56. The van der Waals surface area contributed by atoms with Gasteiger partial charge in [-0.2, -0.15) is 5.26 Å². The maximum Gasteiger partial charge on any atom is 0.339 e. The van der Waals surface area contributed by atoms with Crippen molar-refractivity contribution in [1.82, 2.24) is 5.32 Å². The van der Waals surface area contributed by atoms with Gasteiger partial charge in [0.1, 0.15) is 11.4 Å². The van der Waals surface area contributed by atoms with Crippen LogP contribution in [0.5, 0.6) is 0 Å². The van der Waals surface area contributed by atoms with Crippen LogP contribution in [0.3, 0.4) is 0 Å². The second-order valence-corrected chi connectivity index (χ2v) is 10.5. The lowest BCUT2D eigenvalue weighted by atomic mass is 9.68. The first-order valence-corrected chi connectivity index (χ1v) is 12.1. The van der Waals surface area contributed by atoms with Gasteiger partial charge in [0.25, 0.3) is 0 Å². The Bertz CT molecular complexity index is 1190. The van der Waals surface area contributed by atoms with Crippen molar-refractivity contribution in [3.8, 4) is 17.2 Å². The summed E-state index contributed by atoms with van der Waals surface area (Å²) in [7, 11) is 0. The number of rotatable bonds is 6. The third kappa shape index (κ3) is 3.92. The van der Waals surface area contributed by atoms with Gasteiger partial charge in [0.05, 0.1) is 23.1 Å². The first-order chi connectivity index (χ1) is 16.2. The van der Waals surface area contributed by atoms with Crippen LogP contribution in [0.4, 0.5) is 4.39 Å². The molecule has 5 nitrogen and oxygen atoms in total. The number of carbonyl (C=O) groups is 2. The molecule has 0 aromatic heterocycles. The molecule has 1 N–H and O–H groups in total. The van der Waals surface area contributed by atoms with Crippen molar-refractivity contribution in [3.63, 3.8) is 0 Å². The highest BCUT2D eigenvalue weighted by Gasteiger charge is 2.45. The molecular formula is C28H29FN2O3. The molecule has 1 atom stereocenters. The fourth-order valence-electron chi connectivity index (χ4n) is 5.75. The molecule has 3 heterocycles. The number of benzene rings is 2. The fraction of sp³-hybridized carbons (Fsp3) is 0.464. The Morgan fingerprint density at radius 2 is 1.91 bits per heavy atom. The molecule has 3 fully saturated rings. The van der Waals surface area contributed by atoms with Gasteiger partial charge in [0, 0.05) is 12.0 Å². The van der Waals surface area contributed by atoms with Gasteiger partial charge in [-0.25, -0.2) is 9.18 Å². The Morgan fingerprint density at radius 3 is 2.56 bits per heavy atom. The number of hydrogen-bond acceptors (Lipinski definition) is 5. The van der Waals surface area contributed by atoms with Crippen LogP contribution >= 0.6 is 0 Å². The van der Waals surface area contributed by atoms with E-state index in [9.17, 15) is 14.9 Å². The zero-order valence-corrected chi connectivity index (χ0v) is 19.6. The zero-order chi connectivity index (χ0) is 24.1. The molecule has 0 unspecified atom stereocenters. The van der Waals surface area contributed by atoms with Crippen LogP contribution < -0.4 is 5.32 Å². The highest BCUT2D eigenvalue weighted by Crippen LogP contribution is 2.40. The number of Topliss-reactive ketones (excluding diaryl/α,β-unsaturated/α-hetero) is 1. The zero-order valence-electron chi connectivity index (χ0n) is 19.6. The second-order valence-electron chi connectivity index (χ2n) is 10.5. The molecule has 176 valence electrons. The Labute approximate surface area is 199 Å². The Morgan fingerprint density at radius 1 is 1.21 bits per heavy atom. The highest BCUT2D eigenvalue weighted by molar-refractivity contribution is 5.95. The Balaban J connectivity index is 1.32. The minimum Gasteiger partial charge on any atom is -0.451 e. The van der Waals surface area contributed by atoms with E-state index in [2.05, 4.69) is 11.4 Å². The largest absolute Gasteiger partial charge is 0.451 e. The normalized spacial score (nSPS) is 25.4. The van der Waals surface area contributed by atoms with Crippen LogP contribution in [0, 0.1) is 29.0 Å². The van der Waals surface area contributed by atoms with Crippen LogP contribution in [0.15, 0.2) is 36.4 Å². The van der Waals surface area contributed by atoms with Crippen LogP contribution in [0.1, 0.15) is 67.4 Å². The van der Waals surface area contributed by atoms with E-state index in [1.54, 1.807) is 18.2 Å². The number of carbonyl (C=O) groups excluding carboxylic acids is 2. The van der Waals surface area contributed by atoms with Crippen molar-refractivity contribution in [2.75, 3.05) is 6.54 Å². The Hall–Kier alpha value is -3.04. The third-order valence-electron chi connectivity index (χ3n) is 7.92. The number of ketones is 1. The van der Waals surface area contributed by atoms with E-state index in [-0.39, 0.29) is 24.6 Å². The summed E-state index contributed by atoms with van der Waals surface area (Å²) in [5, 5.41) is 13.1. The van der Waals surface area contributed by atoms with Crippen LogP contribution in [-0.2, 0) is 21.6 Å². The molecule has 34 heavy (non-hydrogen) atoms. The van der Waals surface area contributed by atoms with Crippen LogP contribution in [-0.4, -0.2) is 23.8 Å². The molecule has 0 amide bonds. The molecule has 2 aromatic rings. The maximum atomic E-state index is 15.1. The number of fused-ring (bicyclic) bond motifs is 4. The number of ether oxygens (including phenoxy) is 1. The maximum absolute atomic E-state index is 15.1. The average Bonchev–Trinajstić information content (AvgIpc) is 3.08. The molecule has 1 saturated carbocycles. The molecule has 6 heteroatoms. The number of nitriles is 1. The van der Waals surface area contributed by atoms with E-state index < -0.39 is 22.9 Å². The average molecular weight is 461 g/mol. The van der Waals surface area contributed by atoms with E-state index in [0.717, 1.165) is 43.4 Å². The van der Waals surface area contributed by atoms with Crippen molar-refractivity contribution >= 4 is 11.8 Å². The highest BCUT2D eigenvalue weighted by atomic mass is 19.1.